The van der Waals surface area contributed by atoms with Gasteiger partial charge in [0.15, 0.2) is 0 Å². The minimum absolute atomic E-state index is 0.234. The van der Waals surface area contributed by atoms with Gasteiger partial charge in [0, 0.05) is 11.4 Å². The molecule has 39 heavy (non-hydrogen) atoms. The zero-order chi connectivity index (χ0) is 28.3. The van der Waals surface area contributed by atoms with Crippen LogP contribution in [0.2, 0.25) is 0 Å². The number of hydrogen-bond acceptors (Lipinski definition) is 6. The quantitative estimate of drug-likeness (QED) is 0.138. The molecule has 0 atom stereocenters. The minimum Gasteiger partial charge on any atom is -0.465 e. The summed E-state index contributed by atoms with van der Waals surface area (Å²) in [5, 5.41) is 4.52. The van der Waals surface area contributed by atoms with E-state index in [4.69, 9.17) is 4.74 Å². The highest BCUT2D eigenvalue weighted by molar-refractivity contribution is 8.01. The molecule has 0 fully saturated rings. The maximum absolute atomic E-state index is 13.3. The van der Waals surface area contributed by atoms with Crippen LogP contribution in [-0.4, -0.2) is 31.7 Å². The number of ether oxygens (including phenoxy) is 1. The van der Waals surface area contributed by atoms with Gasteiger partial charge in [0.05, 0.1) is 13.2 Å². The zero-order valence-electron chi connectivity index (χ0n) is 23.7. The molecule has 0 saturated carbocycles. The Balaban J connectivity index is 1.75. The second kappa shape index (κ2) is 14.9. The van der Waals surface area contributed by atoms with E-state index in [1.165, 1.54) is 21.0 Å². The first-order chi connectivity index (χ1) is 18.7. The normalized spacial score (nSPS) is 11.5. The van der Waals surface area contributed by atoms with Crippen molar-refractivity contribution in [2.24, 2.45) is 0 Å². The number of benzene rings is 2. The van der Waals surface area contributed by atoms with Crippen molar-refractivity contribution in [3.8, 4) is 0 Å². The minimum atomic E-state index is -0.689. The fourth-order valence-electron chi connectivity index (χ4n) is 4.38. The van der Waals surface area contributed by atoms with Crippen LogP contribution in [0.3, 0.4) is 0 Å². The molecule has 7 nitrogen and oxygen atoms in total. The first-order valence-corrected chi connectivity index (χ1v) is 14.8. The SMILES string of the molecule is CCCCCCc1nn(CCCc2cccc(SC(C)(C)C(=O)OCC)c2)c(=O)n(Cc2ccccc2)c1=O. The summed E-state index contributed by atoms with van der Waals surface area (Å²) in [6.45, 7) is 8.70. The van der Waals surface area contributed by atoms with Crippen molar-refractivity contribution >= 4 is 17.7 Å². The van der Waals surface area contributed by atoms with Crippen LogP contribution in [0.5, 0.6) is 0 Å². The van der Waals surface area contributed by atoms with E-state index in [0.29, 0.717) is 31.7 Å². The van der Waals surface area contributed by atoms with Crippen LogP contribution in [0.4, 0.5) is 0 Å². The third-order valence-electron chi connectivity index (χ3n) is 6.51. The van der Waals surface area contributed by atoms with Gasteiger partial charge in [-0.3, -0.25) is 14.2 Å². The van der Waals surface area contributed by atoms with Gasteiger partial charge in [-0.2, -0.15) is 5.10 Å². The van der Waals surface area contributed by atoms with E-state index in [1.807, 2.05) is 69.3 Å². The summed E-state index contributed by atoms with van der Waals surface area (Å²) in [5.41, 5.74) is 1.82. The Morgan fingerprint density at radius 2 is 1.67 bits per heavy atom. The lowest BCUT2D eigenvalue weighted by molar-refractivity contribution is -0.145. The first kappa shape index (κ1) is 30.4. The lowest BCUT2D eigenvalue weighted by Crippen LogP contribution is -2.43. The Hall–Kier alpha value is -3.13. The van der Waals surface area contributed by atoms with Crippen LogP contribution in [0, 0.1) is 0 Å². The Labute approximate surface area is 235 Å². The second-order valence-electron chi connectivity index (χ2n) is 10.2. The van der Waals surface area contributed by atoms with Gasteiger partial charge in [0.1, 0.15) is 10.4 Å². The van der Waals surface area contributed by atoms with Crippen LogP contribution < -0.4 is 11.2 Å². The number of carbonyl (C=O) groups excluding carboxylic acids is 1. The number of aryl methyl sites for hydroxylation is 3. The summed E-state index contributed by atoms with van der Waals surface area (Å²) >= 11 is 1.48. The molecule has 0 saturated heterocycles. The van der Waals surface area contributed by atoms with E-state index in [9.17, 15) is 14.4 Å². The predicted molar refractivity (Wildman–Crippen MR) is 157 cm³/mol. The van der Waals surface area contributed by atoms with Crippen LogP contribution in [0.1, 0.15) is 76.6 Å². The zero-order valence-corrected chi connectivity index (χ0v) is 24.5. The average molecular weight is 552 g/mol. The molecule has 1 heterocycles. The summed E-state index contributed by atoms with van der Waals surface area (Å²) < 4.78 is 7.31. The lowest BCUT2D eigenvalue weighted by atomic mass is 10.1. The molecular weight excluding hydrogens is 510 g/mol. The van der Waals surface area contributed by atoms with Crippen LogP contribution in [0.25, 0.3) is 0 Å². The fourth-order valence-corrected chi connectivity index (χ4v) is 5.47. The van der Waals surface area contributed by atoms with Crippen molar-refractivity contribution in [3.05, 3.63) is 92.3 Å². The number of aromatic nitrogens is 3. The third-order valence-corrected chi connectivity index (χ3v) is 7.68. The number of hydrogen-bond donors (Lipinski definition) is 0. The molecule has 0 spiro atoms. The third kappa shape index (κ3) is 8.95. The van der Waals surface area contributed by atoms with Crippen molar-refractivity contribution in [3.63, 3.8) is 0 Å². The molecule has 0 bridgehead atoms. The molecule has 3 rings (SSSR count). The van der Waals surface area contributed by atoms with Crippen molar-refractivity contribution in [1.82, 2.24) is 14.3 Å². The summed E-state index contributed by atoms with van der Waals surface area (Å²) in [5.74, 6) is -0.234. The topological polar surface area (TPSA) is 83.2 Å². The molecule has 0 aliphatic carbocycles. The monoisotopic (exact) mass is 551 g/mol. The number of thioether (sulfide) groups is 1. The molecule has 0 aliphatic rings. The average Bonchev–Trinajstić information content (AvgIpc) is 2.92. The first-order valence-electron chi connectivity index (χ1n) is 13.9. The molecule has 2 aromatic carbocycles. The molecule has 8 heteroatoms. The molecule has 0 unspecified atom stereocenters. The number of carbonyl (C=O) groups is 1. The maximum atomic E-state index is 13.3. The molecular formula is C31H41N3O4S. The summed E-state index contributed by atoms with van der Waals surface area (Å²) in [7, 11) is 0. The van der Waals surface area contributed by atoms with E-state index >= 15 is 0 Å². The van der Waals surface area contributed by atoms with E-state index in [0.717, 1.165) is 48.1 Å². The van der Waals surface area contributed by atoms with E-state index in [2.05, 4.69) is 18.1 Å². The van der Waals surface area contributed by atoms with Crippen molar-refractivity contribution in [2.75, 3.05) is 6.61 Å². The second-order valence-corrected chi connectivity index (χ2v) is 11.9. The highest BCUT2D eigenvalue weighted by Crippen LogP contribution is 2.34. The van der Waals surface area contributed by atoms with Gasteiger partial charge in [0.25, 0.3) is 5.56 Å². The Morgan fingerprint density at radius 1 is 0.923 bits per heavy atom. The van der Waals surface area contributed by atoms with Gasteiger partial charge in [-0.25, -0.2) is 9.48 Å². The van der Waals surface area contributed by atoms with Crippen LogP contribution in [-0.2, 0) is 35.5 Å². The van der Waals surface area contributed by atoms with Crippen LogP contribution in [0.15, 0.2) is 69.1 Å². The predicted octanol–water partition coefficient (Wildman–Crippen LogP) is 5.64. The number of nitrogens with zero attached hydrogens (tertiary/aromatic N) is 3. The summed E-state index contributed by atoms with van der Waals surface area (Å²) in [4.78, 5) is 39.8. The van der Waals surface area contributed by atoms with Crippen molar-refractivity contribution in [2.45, 2.75) is 95.4 Å². The molecule has 0 amide bonds. The highest BCUT2D eigenvalue weighted by Gasteiger charge is 2.30. The number of unbranched alkanes of at least 4 members (excludes halogenated alkanes) is 3. The van der Waals surface area contributed by atoms with Gasteiger partial charge in [0.2, 0.25) is 0 Å². The van der Waals surface area contributed by atoms with Gasteiger partial charge in [-0.05, 0) is 69.7 Å². The smallest absolute Gasteiger partial charge is 0.347 e. The number of esters is 1. The largest absolute Gasteiger partial charge is 0.465 e. The molecule has 210 valence electrons. The summed E-state index contributed by atoms with van der Waals surface area (Å²) in [6, 6.07) is 17.7. The van der Waals surface area contributed by atoms with Crippen molar-refractivity contribution < 1.29 is 9.53 Å². The lowest BCUT2D eigenvalue weighted by Gasteiger charge is -2.21. The number of rotatable bonds is 15. The molecule has 1 aromatic heterocycles. The molecule has 0 N–H and O–H groups in total. The van der Waals surface area contributed by atoms with Crippen LogP contribution >= 0.6 is 11.8 Å². The van der Waals surface area contributed by atoms with E-state index in [-0.39, 0.29) is 23.8 Å². The van der Waals surface area contributed by atoms with E-state index < -0.39 is 4.75 Å². The Kier molecular flexibility index (Phi) is 11.6. The summed E-state index contributed by atoms with van der Waals surface area (Å²) in [6.07, 6.45) is 6.16. The Morgan fingerprint density at radius 3 is 2.38 bits per heavy atom. The standard InChI is InChI=1S/C31H41N3O4S/c1-5-7-8-12-20-27-28(35)33(23-25-15-10-9-11-16-25)30(37)34(32-27)21-14-18-24-17-13-19-26(22-24)39-31(3,4)29(36)38-6-2/h9-11,13,15-17,19,22H,5-8,12,14,18,20-21,23H2,1-4H3. The molecule has 0 radical (unpaired) electrons. The van der Waals surface area contributed by atoms with Gasteiger partial charge >= 0.3 is 11.7 Å². The highest BCUT2D eigenvalue weighted by atomic mass is 32.2. The van der Waals surface area contributed by atoms with E-state index in [1.54, 1.807) is 0 Å². The fraction of sp³-hybridized carbons (Fsp3) is 0.484. The van der Waals surface area contributed by atoms with Gasteiger partial charge in [-0.15, -0.1) is 11.8 Å². The van der Waals surface area contributed by atoms with Gasteiger partial charge in [-0.1, -0.05) is 68.7 Å². The van der Waals surface area contributed by atoms with Crippen molar-refractivity contribution in [1.29, 1.82) is 0 Å². The Bertz CT molecular complexity index is 1330. The van der Waals surface area contributed by atoms with Gasteiger partial charge < -0.3 is 4.74 Å². The maximum Gasteiger partial charge on any atom is 0.347 e. The molecule has 3 aromatic rings. The molecule has 0 aliphatic heterocycles.